The molecule has 9 heteroatoms. The van der Waals surface area contributed by atoms with Crippen molar-refractivity contribution in [3.63, 3.8) is 0 Å². The Hall–Kier alpha value is -4.63. The minimum Gasteiger partial charge on any atom is -0.397 e. The standard InChI is InChI=1S/C22H17FN8/c1-11-5-6-13(8-16(11)23)12-3-2-4-14(7-12)19-17-18(26)15(9-24)20(27)30-21(17)31-22(29-19)28-10-25/h2-8,19H,1H3,(H6,26,27,28,29,30,31). The summed E-state index contributed by atoms with van der Waals surface area (Å²) in [5, 5.41) is 23.8. The number of fused-ring (bicyclic) bond motifs is 1. The summed E-state index contributed by atoms with van der Waals surface area (Å²) in [5.74, 6) is 0.157. The largest absolute Gasteiger partial charge is 0.397 e. The number of nitrogen functional groups attached to an aromatic ring is 2. The van der Waals surface area contributed by atoms with E-state index in [1.165, 1.54) is 6.07 Å². The predicted octanol–water partition coefficient (Wildman–Crippen LogP) is 3.17. The van der Waals surface area contributed by atoms with Gasteiger partial charge in [0.15, 0.2) is 6.19 Å². The van der Waals surface area contributed by atoms with Gasteiger partial charge in [0.25, 0.3) is 0 Å². The summed E-state index contributed by atoms with van der Waals surface area (Å²) in [4.78, 5) is 8.78. The lowest BCUT2D eigenvalue weighted by Crippen LogP contribution is -2.32. The maximum absolute atomic E-state index is 14.1. The van der Waals surface area contributed by atoms with Crippen molar-refractivity contribution in [3.8, 4) is 23.4 Å². The quantitative estimate of drug-likeness (QED) is 0.373. The molecule has 2 heterocycles. The molecule has 8 nitrogen and oxygen atoms in total. The smallest absolute Gasteiger partial charge is 0.211 e. The Morgan fingerprint density at radius 2 is 1.90 bits per heavy atom. The van der Waals surface area contributed by atoms with Crippen LogP contribution in [0.5, 0.6) is 0 Å². The second-order valence-corrected chi connectivity index (χ2v) is 6.99. The van der Waals surface area contributed by atoms with E-state index >= 15 is 0 Å². The van der Waals surface area contributed by atoms with Crippen molar-refractivity contribution in [3.05, 3.63) is 70.5 Å². The monoisotopic (exact) mass is 412 g/mol. The van der Waals surface area contributed by atoms with Gasteiger partial charge in [0.2, 0.25) is 5.96 Å². The first-order valence-corrected chi connectivity index (χ1v) is 9.28. The Balaban J connectivity index is 1.89. The average molecular weight is 412 g/mol. The molecule has 0 saturated heterocycles. The van der Waals surface area contributed by atoms with Crippen LogP contribution >= 0.6 is 0 Å². The van der Waals surface area contributed by atoms with Gasteiger partial charge in [0.05, 0.1) is 5.69 Å². The van der Waals surface area contributed by atoms with E-state index < -0.39 is 6.04 Å². The number of anilines is 3. The Bertz CT molecular complexity index is 1320. The number of benzene rings is 2. The van der Waals surface area contributed by atoms with Gasteiger partial charge in [-0.05, 0) is 41.3 Å². The number of aromatic nitrogens is 1. The van der Waals surface area contributed by atoms with E-state index in [1.54, 1.807) is 13.0 Å². The first-order chi connectivity index (χ1) is 14.9. The number of nitriles is 2. The molecule has 0 spiro atoms. The number of nitrogens with one attached hydrogen (secondary N) is 2. The summed E-state index contributed by atoms with van der Waals surface area (Å²) >= 11 is 0. The number of nitrogens with zero attached hydrogens (tertiary/aromatic N) is 4. The number of pyridine rings is 1. The topological polar surface area (TPSA) is 149 Å². The fourth-order valence-electron chi connectivity index (χ4n) is 3.48. The van der Waals surface area contributed by atoms with Crippen molar-refractivity contribution in [1.29, 1.82) is 10.5 Å². The van der Waals surface area contributed by atoms with Crippen LogP contribution in [0, 0.1) is 35.5 Å². The van der Waals surface area contributed by atoms with E-state index in [0.29, 0.717) is 22.5 Å². The number of rotatable bonds is 2. The first-order valence-electron chi connectivity index (χ1n) is 9.28. The van der Waals surface area contributed by atoms with Crippen molar-refractivity contribution in [2.75, 3.05) is 16.8 Å². The number of nitrogens with two attached hydrogens (primary N) is 2. The Labute approximate surface area is 177 Å². The summed E-state index contributed by atoms with van der Waals surface area (Å²) in [5.41, 5.74) is 15.6. The van der Waals surface area contributed by atoms with Gasteiger partial charge in [-0.2, -0.15) is 10.5 Å². The van der Waals surface area contributed by atoms with Crippen molar-refractivity contribution >= 4 is 23.3 Å². The van der Waals surface area contributed by atoms with E-state index in [2.05, 4.69) is 20.6 Å². The molecule has 0 saturated carbocycles. The van der Waals surface area contributed by atoms with Crippen molar-refractivity contribution < 1.29 is 4.39 Å². The molecule has 0 fully saturated rings. The Morgan fingerprint density at radius 3 is 2.61 bits per heavy atom. The van der Waals surface area contributed by atoms with Crippen molar-refractivity contribution in [1.82, 2.24) is 10.3 Å². The van der Waals surface area contributed by atoms with E-state index in [9.17, 15) is 9.65 Å². The molecule has 31 heavy (non-hydrogen) atoms. The van der Waals surface area contributed by atoms with Crippen molar-refractivity contribution in [2.45, 2.75) is 13.0 Å². The van der Waals surface area contributed by atoms with Crippen LogP contribution in [-0.2, 0) is 0 Å². The fraction of sp³-hybridized carbons (Fsp3) is 0.0909. The lowest BCUT2D eigenvalue weighted by atomic mass is 9.92. The minimum absolute atomic E-state index is 0.0212. The number of aliphatic imine (C=N–C) groups is 1. The lowest BCUT2D eigenvalue weighted by Gasteiger charge is -2.26. The molecule has 0 amide bonds. The summed E-state index contributed by atoms with van der Waals surface area (Å²) in [6, 6.07) is 13.7. The molecule has 0 bridgehead atoms. The number of aryl methyl sites for hydroxylation is 1. The third-order valence-corrected chi connectivity index (χ3v) is 5.07. The van der Waals surface area contributed by atoms with Gasteiger partial charge in [-0.1, -0.05) is 30.3 Å². The molecule has 1 atom stereocenters. The van der Waals surface area contributed by atoms with E-state index in [4.69, 9.17) is 16.7 Å². The van der Waals surface area contributed by atoms with Gasteiger partial charge in [-0.25, -0.2) is 14.4 Å². The normalized spacial score (nSPS) is 14.5. The molecule has 152 valence electrons. The van der Waals surface area contributed by atoms with E-state index in [1.807, 2.05) is 42.6 Å². The molecule has 4 rings (SSSR count). The minimum atomic E-state index is -0.664. The van der Waals surface area contributed by atoms with Crippen LogP contribution in [0.1, 0.15) is 28.3 Å². The molecule has 0 radical (unpaired) electrons. The summed E-state index contributed by atoms with van der Waals surface area (Å²) in [6.07, 6.45) is 1.81. The molecule has 0 aliphatic carbocycles. The molecular formula is C22H17FN8. The Morgan fingerprint density at radius 1 is 1.13 bits per heavy atom. The van der Waals surface area contributed by atoms with Gasteiger partial charge in [0, 0.05) is 5.56 Å². The van der Waals surface area contributed by atoms with Crippen LogP contribution in [0.2, 0.25) is 0 Å². The average Bonchev–Trinajstić information content (AvgIpc) is 2.75. The lowest BCUT2D eigenvalue weighted by molar-refractivity contribution is 0.619. The predicted molar refractivity (Wildman–Crippen MR) is 116 cm³/mol. The van der Waals surface area contributed by atoms with E-state index in [0.717, 1.165) is 11.1 Å². The van der Waals surface area contributed by atoms with Crippen LogP contribution in [0.15, 0.2) is 47.5 Å². The van der Waals surface area contributed by atoms with Gasteiger partial charge in [0.1, 0.15) is 35.1 Å². The maximum atomic E-state index is 14.1. The molecule has 1 aliphatic rings. The number of guanidine groups is 1. The zero-order chi connectivity index (χ0) is 22.1. The highest BCUT2D eigenvalue weighted by atomic mass is 19.1. The molecular weight excluding hydrogens is 395 g/mol. The van der Waals surface area contributed by atoms with Crippen LogP contribution in [0.4, 0.5) is 21.7 Å². The van der Waals surface area contributed by atoms with E-state index in [-0.39, 0.29) is 28.8 Å². The highest BCUT2D eigenvalue weighted by Crippen LogP contribution is 2.41. The van der Waals surface area contributed by atoms with Crippen molar-refractivity contribution in [2.24, 2.45) is 4.99 Å². The summed E-state index contributed by atoms with van der Waals surface area (Å²) in [7, 11) is 0. The number of hydrogen-bond donors (Lipinski definition) is 4. The first kappa shape index (κ1) is 19.7. The van der Waals surface area contributed by atoms with Gasteiger partial charge in [-0.3, -0.25) is 5.32 Å². The summed E-state index contributed by atoms with van der Waals surface area (Å²) in [6.45, 7) is 1.70. The molecule has 6 N–H and O–H groups in total. The van der Waals surface area contributed by atoms with Crippen LogP contribution in [0.25, 0.3) is 11.1 Å². The van der Waals surface area contributed by atoms with Crippen LogP contribution in [-0.4, -0.2) is 10.9 Å². The third-order valence-electron chi connectivity index (χ3n) is 5.07. The molecule has 1 aromatic heterocycles. The highest BCUT2D eigenvalue weighted by molar-refractivity contribution is 5.98. The van der Waals surface area contributed by atoms with Gasteiger partial charge < -0.3 is 16.8 Å². The Kier molecular flexibility index (Phi) is 4.86. The SMILES string of the molecule is Cc1ccc(-c2cccc(C3N=C(NC#N)Nc4nc(N)c(C#N)c(N)c43)c2)cc1F. The summed E-state index contributed by atoms with van der Waals surface area (Å²) < 4.78 is 14.1. The molecule has 3 aromatic rings. The molecule has 1 unspecified atom stereocenters. The molecule has 2 aromatic carbocycles. The number of hydrogen-bond acceptors (Lipinski definition) is 8. The third kappa shape index (κ3) is 3.45. The number of halogens is 1. The van der Waals surface area contributed by atoms with Gasteiger partial charge >= 0.3 is 0 Å². The zero-order valence-corrected chi connectivity index (χ0v) is 16.4. The van der Waals surface area contributed by atoms with Crippen LogP contribution in [0.3, 0.4) is 0 Å². The maximum Gasteiger partial charge on any atom is 0.211 e. The highest BCUT2D eigenvalue weighted by Gasteiger charge is 2.29. The van der Waals surface area contributed by atoms with Crippen LogP contribution < -0.4 is 22.1 Å². The second kappa shape index (κ2) is 7.65. The fourth-order valence-corrected chi connectivity index (χ4v) is 3.48. The second-order valence-electron chi connectivity index (χ2n) is 6.99. The molecule has 1 aliphatic heterocycles. The van der Waals surface area contributed by atoms with Gasteiger partial charge in [-0.15, -0.1) is 0 Å². The zero-order valence-electron chi connectivity index (χ0n) is 16.4.